The van der Waals surface area contributed by atoms with Crippen LogP contribution in [0.3, 0.4) is 0 Å². The molecule has 1 aromatic carbocycles. The van der Waals surface area contributed by atoms with Gasteiger partial charge in [-0.05, 0) is 55.8 Å². The van der Waals surface area contributed by atoms with Gasteiger partial charge < -0.3 is 13.9 Å². The van der Waals surface area contributed by atoms with E-state index in [-0.39, 0.29) is 6.10 Å². The standard InChI is InChI=1S/C25H27N5O2/c1-17-8-9-30-23(18(2)27-25(30)12-17)15-29-10-11-32-24(16-29)22-14-26-13-21(28-22)19-4-6-20(31-3)7-5-19/h4-9,12-14,24H,10-11,15-16H2,1-3H3/t24-/m0/s1. The van der Waals surface area contributed by atoms with Crippen molar-refractivity contribution in [2.45, 2.75) is 26.5 Å². The summed E-state index contributed by atoms with van der Waals surface area (Å²) in [6, 6.07) is 12.1. The summed E-state index contributed by atoms with van der Waals surface area (Å²) in [5.74, 6) is 0.821. The predicted molar refractivity (Wildman–Crippen MR) is 123 cm³/mol. The van der Waals surface area contributed by atoms with E-state index in [2.05, 4.69) is 46.5 Å². The molecule has 0 unspecified atom stereocenters. The van der Waals surface area contributed by atoms with Crippen LogP contribution in [0.5, 0.6) is 5.75 Å². The zero-order valence-electron chi connectivity index (χ0n) is 18.7. The van der Waals surface area contributed by atoms with E-state index in [9.17, 15) is 0 Å². The molecule has 4 heterocycles. The van der Waals surface area contributed by atoms with Gasteiger partial charge in [-0.2, -0.15) is 0 Å². The first-order chi connectivity index (χ1) is 15.6. The van der Waals surface area contributed by atoms with Gasteiger partial charge in [-0.25, -0.2) is 9.97 Å². The third kappa shape index (κ3) is 4.09. The van der Waals surface area contributed by atoms with Crippen molar-refractivity contribution in [1.29, 1.82) is 0 Å². The molecular formula is C25H27N5O2. The first-order valence-electron chi connectivity index (χ1n) is 10.9. The molecule has 0 radical (unpaired) electrons. The van der Waals surface area contributed by atoms with Crippen molar-refractivity contribution < 1.29 is 9.47 Å². The molecule has 164 valence electrons. The molecule has 0 saturated carbocycles. The fraction of sp³-hybridized carbons (Fsp3) is 0.320. The van der Waals surface area contributed by atoms with E-state index in [0.29, 0.717) is 6.61 Å². The van der Waals surface area contributed by atoms with E-state index in [4.69, 9.17) is 19.4 Å². The Balaban J connectivity index is 1.35. The minimum absolute atomic E-state index is 0.115. The number of morpholine rings is 1. The summed E-state index contributed by atoms with van der Waals surface area (Å²) in [5, 5.41) is 0. The molecular weight excluding hydrogens is 402 g/mol. The largest absolute Gasteiger partial charge is 0.497 e. The fourth-order valence-electron chi connectivity index (χ4n) is 4.18. The van der Waals surface area contributed by atoms with Gasteiger partial charge in [-0.3, -0.25) is 9.88 Å². The molecule has 0 spiro atoms. The first kappa shape index (κ1) is 20.6. The Morgan fingerprint density at radius 2 is 1.94 bits per heavy atom. The third-order valence-corrected chi connectivity index (χ3v) is 5.97. The predicted octanol–water partition coefficient (Wildman–Crippen LogP) is 3.99. The van der Waals surface area contributed by atoms with Crippen molar-refractivity contribution >= 4 is 5.65 Å². The van der Waals surface area contributed by atoms with E-state index in [1.807, 2.05) is 30.5 Å². The summed E-state index contributed by atoms with van der Waals surface area (Å²) in [4.78, 5) is 16.5. The Labute approximate surface area is 187 Å². The maximum atomic E-state index is 6.09. The zero-order chi connectivity index (χ0) is 22.1. The number of fused-ring (bicyclic) bond motifs is 1. The molecule has 0 aliphatic carbocycles. The molecule has 4 aromatic rings. The number of rotatable bonds is 5. The average Bonchev–Trinajstić information content (AvgIpc) is 3.13. The highest BCUT2D eigenvalue weighted by Gasteiger charge is 2.25. The molecule has 1 aliphatic heterocycles. The van der Waals surface area contributed by atoms with E-state index >= 15 is 0 Å². The number of pyridine rings is 1. The number of hydrogen-bond donors (Lipinski definition) is 0. The van der Waals surface area contributed by atoms with E-state index in [0.717, 1.165) is 53.7 Å². The topological polar surface area (TPSA) is 64.8 Å². The Morgan fingerprint density at radius 3 is 2.75 bits per heavy atom. The number of hydrogen-bond acceptors (Lipinski definition) is 6. The van der Waals surface area contributed by atoms with Crippen molar-refractivity contribution in [2.24, 2.45) is 0 Å². The monoisotopic (exact) mass is 429 g/mol. The van der Waals surface area contributed by atoms with Gasteiger partial charge in [-0.1, -0.05) is 0 Å². The molecule has 1 atom stereocenters. The minimum atomic E-state index is -0.115. The number of methoxy groups -OCH3 is 1. The second kappa shape index (κ2) is 8.68. The minimum Gasteiger partial charge on any atom is -0.497 e. The first-order valence-corrected chi connectivity index (χ1v) is 10.9. The lowest BCUT2D eigenvalue weighted by Gasteiger charge is -2.32. The average molecular weight is 430 g/mol. The van der Waals surface area contributed by atoms with Gasteiger partial charge in [0, 0.05) is 31.4 Å². The van der Waals surface area contributed by atoms with Crippen molar-refractivity contribution in [3.05, 3.63) is 77.6 Å². The highest BCUT2D eigenvalue weighted by Crippen LogP contribution is 2.26. The maximum absolute atomic E-state index is 6.09. The smallest absolute Gasteiger partial charge is 0.137 e. The SMILES string of the molecule is COc1ccc(-c2cncc([C@@H]3CN(Cc4c(C)nc5cc(C)ccn45)CCO3)n2)cc1. The van der Waals surface area contributed by atoms with Gasteiger partial charge in [0.05, 0.1) is 48.9 Å². The fourth-order valence-corrected chi connectivity index (χ4v) is 4.18. The van der Waals surface area contributed by atoms with Crippen LogP contribution in [0.15, 0.2) is 55.0 Å². The lowest BCUT2D eigenvalue weighted by atomic mass is 10.1. The molecule has 0 N–H and O–H groups in total. The second-order valence-electron chi connectivity index (χ2n) is 8.23. The quantitative estimate of drug-likeness (QED) is 0.478. The lowest BCUT2D eigenvalue weighted by Crippen LogP contribution is -2.38. The Kier molecular flexibility index (Phi) is 5.59. The van der Waals surface area contributed by atoms with Crippen LogP contribution in [0.25, 0.3) is 16.9 Å². The molecule has 0 bridgehead atoms. The molecule has 7 heteroatoms. The molecule has 3 aromatic heterocycles. The van der Waals surface area contributed by atoms with Gasteiger partial charge in [0.15, 0.2) is 0 Å². The van der Waals surface area contributed by atoms with Gasteiger partial charge in [0.25, 0.3) is 0 Å². The van der Waals surface area contributed by atoms with E-state index in [1.165, 1.54) is 11.3 Å². The van der Waals surface area contributed by atoms with Crippen molar-refractivity contribution in [1.82, 2.24) is 24.3 Å². The molecule has 0 amide bonds. The van der Waals surface area contributed by atoms with Gasteiger partial charge in [0.2, 0.25) is 0 Å². The summed E-state index contributed by atoms with van der Waals surface area (Å²) >= 11 is 0. The molecule has 1 aliphatic rings. The van der Waals surface area contributed by atoms with Crippen molar-refractivity contribution in [3.63, 3.8) is 0 Å². The maximum Gasteiger partial charge on any atom is 0.137 e. The lowest BCUT2D eigenvalue weighted by molar-refractivity contribution is -0.0355. The second-order valence-corrected chi connectivity index (χ2v) is 8.23. The highest BCUT2D eigenvalue weighted by molar-refractivity contribution is 5.59. The van der Waals surface area contributed by atoms with Crippen LogP contribution >= 0.6 is 0 Å². The van der Waals surface area contributed by atoms with Crippen LogP contribution in [-0.2, 0) is 11.3 Å². The van der Waals surface area contributed by atoms with Gasteiger partial charge >= 0.3 is 0 Å². The van der Waals surface area contributed by atoms with Gasteiger partial charge in [0.1, 0.15) is 17.5 Å². The Hall–Kier alpha value is -3.29. The number of nitrogens with zero attached hydrogens (tertiary/aromatic N) is 5. The zero-order valence-corrected chi connectivity index (χ0v) is 18.7. The van der Waals surface area contributed by atoms with Crippen LogP contribution in [0, 0.1) is 13.8 Å². The third-order valence-electron chi connectivity index (χ3n) is 5.97. The number of ether oxygens (including phenoxy) is 2. The number of imidazole rings is 1. The molecule has 7 nitrogen and oxygen atoms in total. The van der Waals surface area contributed by atoms with E-state index in [1.54, 1.807) is 13.3 Å². The molecule has 1 saturated heterocycles. The number of benzene rings is 1. The van der Waals surface area contributed by atoms with Crippen LogP contribution in [0.1, 0.15) is 28.7 Å². The van der Waals surface area contributed by atoms with Crippen molar-refractivity contribution in [2.75, 3.05) is 26.8 Å². The van der Waals surface area contributed by atoms with Crippen LogP contribution in [-0.4, -0.2) is 51.1 Å². The van der Waals surface area contributed by atoms with Crippen LogP contribution in [0.2, 0.25) is 0 Å². The number of aromatic nitrogens is 4. The Bertz CT molecular complexity index is 1240. The summed E-state index contributed by atoms with van der Waals surface area (Å²) in [5.41, 5.74) is 7.20. The highest BCUT2D eigenvalue weighted by atomic mass is 16.5. The normalized spacial score (nSPS) is 17.0. The molecule has 5 rings (SSSR count). The molecule has 32 heavy (non-hydrogen) atoms. The summed E-state index contributed by atoms with van der Waals surface area (Å²) in [7, 11) is 1.66. The van der Waals surface area contributed by atoms with Crippen LogP contribution < -0.4 is 4.74 Å². The summed E-state index contributed by atoms with van der Waals surface area (Å²) in [6.45, 7) is 7.30. The summed E-state index contributed by atoms with van der Waals surface area (Å²) < 4.78 is 13.5. The Morgan fingerprint density at radius 1 is 1.09 bits per heavy atom. The van der Waals surface area contributed by atoms with Crippen molar-refractivity contribution in [3.8, 4) is 17.0 Å². The van der Waals surface area contributed by atoms with E-state index < -0.39 is 0 Å². The number of aryl methyl sites for hydroxylation is 2. The summed E-state index contributed by atoms with van der Waals surface area (Å²) in [6.07, 6.45) is 5.59. The molecule has 1 fully saturated rings. The van der Waals surface area contributed by atoms with Crippen LogP contribution in [0.4, 0.5) is 0 Å². The van der Waals surface area contributed by atoms with Gasteiger partial charge in [-0.15, -0.1) is 0 Å².